The number of carbonyl (C=O) groups is 1. The molecule has 0 saturated carbocycles. The number of hydrogen-bond acceptors (Lipinski definition) is 9. The Balaban J connectivity index is 0.00000171. The van der Waals surface area contributed by atoms with E-state index in [9.17, 15) is 9.59 Å². The Morgan fingerprint density at radius 1 is 1.43 bits per heavy atom. The molecular weight excluding hydrogens is 368 g/mol. The monoisotopic (exact) mass is 398 g/mol. The normalized spacial score (nSPS) is 18.8. The third-order valence-corrected chi connectivity index (χ3v) is 3.93. The smallest absolute Gasteiger partial charge is 0.351 e. The van der Waals surface area contributed by atoms with Crippen molar-refractivity contribution in [2.75, 3.05) is 26.6 Å². The average Bonchev–Trinajstić information content (AvgIpc) is 3.17. The fourth-order valence-electron chi connectivity index (χ4n) is 2.36. The number of nitrogen functional groups attached to an aromatic ring is 1. The van der Waals surface area contributed by atoms with Gasteiger partial charge < -0.3 is 31.2 Å². The Kier molecular flexibility index (Phi) is 11.7. The van der Waals surface area contributed by atoms with Crippen molar-refractivity contribution in [1.82, 2.24) is 9.55 Å². The van der Waals surface area contributed by atoms with Crippen molar-refractivity contribution >= 4 is 11.8 Å². The molecule has 158 valence electrons. The number of aromatic nitrogens is 2. The number of terminal acetylenes is 1. The van der Waals surface area contributed by atoms with Gasteiger partial charge in [-0.1, -0.05) is 19.8 Å². The fraction of sp³-hybridized carbons (Fsp3) is 0.611. The zero-order valence-corrected chi connectivity index (χ0v) is 16.7. The second kappa shape index (κ2) is 12.9. The number of rotatable bonds is 5. The number of ether oxygens (including phenoxy) is 2. The van der Waals surface area contributed by atoms with E-state index < -0.39 is 23.9 Å². The summed E-state index contributed by atoms with van der Waals surface area (Å²) in [5, 5.41) is 14.0. The molecule has 1 aromatic rings. The largest absolute Gasteiger partial charge is 0.462 e. The van der Waals surface area contributed by atoms with Crippen LogP contribution in [0, 0.1) is 18.3 Å². The van der Waals surface area contributed by atoms with E-state index in [2.05, 4.69) is 10.9 Å². The molecule has 10 heteroatoms. The van der Waals surface area contributed by atoms with Crippen molar-refractivity contribution in [1.29, 1.82) is 0 Å². The van der Waals surface area contributed by atoms with E-state index in [-0.39, 0.29) is 24.4 Å². The molecular formula is C18H30N4O6. The fourth-order valence-corrected chi connectivity index (χ4v) is 2.36. The highest BCUT2D eigenvalue weighted by molar-refractivity contribution is 5.75. The third kappa shape index (κ3) is 6.94. The predicted octanol–water partition coefficient (Wildman–Crippen LogP) is -0.772. The molecule has 1 aliphatic rings. The lowest BCUT2D eigenvalue weighted by Crippen LogP contribution is -2.38. The summed E-state index contributed by atoms with van der Waals surface area (Å²) in [4.78, 5) is 27.4. The highest BCUT2D eigenvalue weighted by atomic mass is 16.6. The van der Waals surface area contributed by atoms with E-state index >= 15 is 0 Å². The van der Waals surface area contributed by atoms with Crippen LogP contribution in [0.4, 0.5) is 5.82 Å². The first-order valence-electron chi connectivity index (χ1n) is 8.65. The summed E-state index contributed by atoms with van der Waals surface area (Å²) in [7, 11) is 2.00. The van der Waals surface area contributed by atoms with Crippen LogP contribution in [0.5, 0.6) is 0 Å². The molecule has 28 heavy (non-hydrogen) atoms. The second-order valence-corrected chi connectivity index (χ2v) is 6.06. The maximum absolute atomic E-state index is 12.0. The van der Waals surface area contributed by atoms with Crippen molar-refractivity contribution in [2.24, 2.45) is 11.7 Å². The van der Waals surface area contributed by atoms with Crippen LogP contribution in [-0.4, -0.2) is 58.7 Å². The van der Waals surface area contributed by atoms with Crippen LogP contribution in [0.25, 0.3) is 0 Å². The molecule has 1 aromatic heterocycles. The van der Waals surface area contributed by atoms with Gasteiger partial charge in [0.2, 0.25) is 0 Å². The predicted molar refractivity (Wildman–Crippen MR) is 104 cm³/mol. The summed E-state index contributed by atoms with van der Waals surface area (Å²) in [6.07, 6.45) is 7.18. The minimum atomic E-state index is -0.663. The van der Waals surface area contributed by atoms with Crippen LogP contribution >= 0.6 is 0 Å². The van der Waals surface area contributed by atoms with Gasteiger partial charge in [-0.25, -0.2) is 4.79 Å². The summed E-state index contributed by atoms with van der Waals surface area (Å²) in [5.74, 6) is 1.93. The number of esters is 1. The Hall–Kier alpha value is -2.45. The molecule has 2 rings (SSSR count). The lowest BCUT2D eigenvalue weighted by atomic mass is 10.1. The summed E-state index contributed by atoms with van der Waals surface area (Å²) in [6, 6.07) is -0.663. The van der Waals surface area contributed by atoms with Crippen LogP contribution in [0.15, 0.2) is 11.0 Å². The standard InChI is InChI=1S/C16H22N4O4.2CH4O/c1-4-10-7-20(16(22)19-14(10)18)12-6-5-11(24-12)8-23-15(21)13(17)9(2)3;2*1-2/h1,7,9,11-13H,5-6,8,17H2,2-3H3,(H2,18,19,22);2*2H,1H3. The van der Waals surface area contributed by atoms with Crippen molar-refractivity contribution in [3.8, 4) is 12.3 Å². The number of aliphatic hydroxyl groups is 2. The van der Waals surface area contributed by atoms with Gasteiger partial charge in [0.05, 0.1) is 11.7 Å². The zero-order valence-electron chi connectivity index (χ0n) is 16.7. The van der Waals surface area contributed by atoms with Gasteiger partial charge in [-0.05, 0) is 18.8 Å². The molecule has 0 aliphatic carbocycles. The first-order chi connectivity index (χ1) is 13.3. The molecule has 1 aliphatic heterocycles. The molecule has 0 amide bonds. The Morgan fingerprint density at radius 3 is 2.57 bits per heavy atom. The van der Waals surface area contributed by atoms with E-state index in [1.807, 2.05) is 13.8 Å². The highest BCUT2D eigenvalue weighted by Crippen LogP contribution is 2.27. The summed E-state index contributed by atoms with van der Waals surface area (Å²) < 4.78 is 12.2. The second-order valence-electron chi connectivity index (χ2n) is 6.06. The minimum absolute atomic E-state index is 0.00337. The van der Waals surface area contributed by atoms with E-state index in [0.717, 1.165) is 14.2 Å². The van der Waals surface area contributed by atoms with Gasteiger partial charge >= 0.3 is 11.7 Å². The van der Waals surface area contributed by atoms with Gasteiger partial charge in [0.25, 0.3) is 0 Å². The molecule has 0 spiro atoms. The van der Waals surface area contributed by atoms with Gasteiger partial charge in [-0.3, -0.25) is 9.36 Å². The van der Waals surface area contributed by atoms with E-state index in [0.29, 0.717) is 18.4 Å². The Labute approximate surface area is 164 Å². The van der Waals surface area contributed by atoms with E-state index in [1.165, 1.54) is 10.8 Å². The minimum Gasteiger partial charge on any atom is -0.462 e. The molecule has 0 bridgehead atoms. The van der Waals surface area contributed by atoms with Gasteiger partial charge in [-0.15, -0.1) is 6.42 Å². The van der Waals surface area contributed by atoms with Crippen LogP contribution in [0.3, 0.4) is 0 Å². The molecule has 0 aromatic carbocycles. The van der Waals surface area contributed by atoms with Crippen LogP contribution < -0.4 is 17.2 Å². The molecule has 0 radical (unpaired) electrons. The van der Waals surface area contributed by atoms with Crippen LogP contribution in [0.2, 0.25) is 0 Å². The topological polar surface area (TPSA) is 163 Å². The van der Waals surface area contributed by atoms with Gasteiger partial charge in [-0.2, -0.15) is 4.98 Å². The molecule has 2 heterocycles. The number of nitrogens with zero attached hydrogens (tertiary/aromatic N) is 2. The average molecular weight is 398 g/mol. The van der Waals surface area contributed by atoms with Crippen LogP contribution in [0.1, 0.15) is 38.5 Å². The van der Waals surface area contributed by atoms with Gasteiger partial charge in [0.15, 0.2) is 0 Å². The maximum atomic E-state index is 12.0. The van der Waals surface area contributed by atoms with E-state index in [1.54, 1.807) is 0 Å². The highest BCUT2D eigenvalue weighted by Gasteiger charge is 2.29. The lowest BCUT2D eigenvalue weighted by molar-refractivity contribution is -0.151. The van der Waals surface area contributed by atoms with Crippen molar-refractivity contribution in [3.05, 3.63) is 22.2 Å². The summed E-state index contributed by atoms with van der Waals surface area (Å²) >= 11 is 0. The molecule has 1 saturated heterocycles. The first kappa shape index (κ1) is 25.6. The molecule has 3 atom stereocenters. The molecule has 6 N–H and O–H groups in total. The van der Waals surface area contributed by atoms with Crippen LogP contribution in [-0.2, 0) is 14.3 Å². The number of hydrogen-bond donors (Lipinski definition) is 4. The van der Waals surface area contributed by atoms with Gasteiger partial charge in [0.1, 0.15) is 24.7 Å². The lowest BCUT2D eigenvalue weighted by Gasteiger charge is -2.18. The zero-order chi connectivity index (χ0) is 21.9. The summed E-state index contributed by atoms with van der Waals surface area (Å²) in [5.41, 5.74) is 11.1. The Bertz CT molecular complexity index is 713. The van der Waals surface area contributed by atoms with Gasteiger partial charge in [0, 0.05) is 20.4 Å². The van der Waals surface area contributed by atoms with Crippen molar-refractivity contribution < 1.29 is 24.5 Å². The summed E-state index contributed by atoms with van der Waals surface area (Å²) in [6.45, 7) is 3.78. The number of carbonyl (C=O) groups excluding carboxylic acids is 1. The molecule has 3 unspecified atom stereocenters. The SMILES string of the molecule is C#Cc1cn(C2CCC(COC(=O)C(N)C(C)C)O2)c(=O)nc1N.CO.CO. The Morgan fingerprint density at radius 2 is 2.04 bits per heavy atom. The molecule has 10 nitrogen and oxygen atoms in total. The quantitative estimate of drug-likeness (QED) is 0.368. The molecule has 1 fully saturated rings. The first-order valence-corrected chi connectivity index (χ1v) is 8.65. The van der Waals surface area contributed by atoms with Crippen molar-refractivity contribution in [3.63, 3.8) is 0 Å². The van der Waals surface area contributed by atoms with E-state index in [4.69, 9.17) is 37.6 Å². The number of nitrogens with two attached hydrogens (primary N) is 2. The third-order valence-electron chi connectivity index (χ3n) is 3.93. The van der Waals surface area contributed by atoms with Crippen molar-refractivity contribution in [2.45, 2.75) is 45.1 Å². The maximum Gasteiger partial charge on any atom is 0.351 e. The number of aliphatic hydroxyl groups excluding tert-OH is 2. The number of anilines is 1.